The fraction of sp³-hybridized carbons (Fsp3) is 0. The fourth-order valence-corrected chi connectivity index (χ4v) is 9.58. The van der Waals surface area contributed by atoms with Gasteiger partial charge in [0.05, 0.1) is 5.69 Å². The maximum atomic E-state index is 7.17. The topological polar surface area (TPSA) is 3.24 Å². The van der Waals surface area contributed by atoms with Crippen molar-refractivity contribution in [1.29, 1.82) is 0 Å². The molecule has 8 aromatic rings. The summed E-state index contributed by atoms with van der Waals surface area (Å²) in [5, 5.41) is 0.730. The van der Waals surface area contributed by atoms with Crippen molar-refractivity contribution in [1.82, 2.24) is 0 Å². The number of para-hydroxylation sites is 1. The predicted molar refractivity (Wildman–Crippen MR) is 223 cm³/mol. The van der Waals surface area contributed by atoms with Crippen LogP contribution in [0.2, 0.25) is 5.02 Å². The normalized spacial score (nSPS) is 12.6. The number of anilines is 3. The van der Waals surface area contributed by atoms with Gasteiger partial charge in [-0.05, 0) is 68.6 Å². The van der Waals surface area contributed by atoms with Crippen molar-refractivity contribution in [3.05, 3.63) is 193 Å². The lowest BCUT2D eigenvalue weighted by Gasteiger charge is -2.42. The van der Waals surface area contributed by atoms with E-state index in [2.05, 4.69) is 193 Å². The fourth-order valence-electron chi connectivity index (χ4n) is 8.06. The van der Waals surface area contributed by atoms with Gasteiger partial charge in [0.1, 0.15) is 0 Å². The van der Waals surface area contributed by atoms with Crippen LogP contribution in [0.4, 0.5) is 17.1 Å². The van der Waals surface area contributed by atoms with Crippen LogP contribution in [0.15, 0.2) is 198 Å². The molecular weight excluding hydrogens is 669 g/mol. The first-order valence-electron chi connectivity index (χ1n) is 17.7. The maximum absolute atomic E-state index is 7.17. The van der Waals surface area contributed by atoms with Crippen LogP contribution in [0.25, 0.3) is 44.5 Å². The number of hydrogen-bond acceptors (Lipinski definition) is 2. The van der Waals surface area contributed by atoms with E-state index in [1.807, 2.05) is 11.8 Å². The summed E-state index contributed by atoms with van der Waals surface area (Å²) in [5.74, 6) is 0. The Balaban J connectivity index is 1.29. The average molecular weight is 700 g/mol. The Kier molecular flexibility index (Phi) is 7.64. The first-order valence-corrected chi connectivity index (χ1v) is 18.8. The van der Waals surface area contributed by atoms with Gasteiger partial charge in [-0.25, -0.2) is 0 Å². The van der Waals surface area contributed by atoms with E-state index in [4.69, 9.17) is 11.6 Å². The molecule has 4 heteroatoms. The number of nitrogens with zero attached hydrogens (tertiary/aromatic N) is 1. The lowest BCUT2D eigenvalue weighted by molar-refractivity contribution is 1.27. The summed E-state index contributed by atoms with van der Waals surface area (Å²) in [6.45, 7) is 0.0449. The average Bonchev–Trinajstić information content (AvgIpc) is 3.21. The second kappa shape index (κ2) is 12.8. The number of benzene rings is 8. The van der Waals surface area contributed by atoms with Gasteiger partial charge < -0.3 is 4.90 Å². The first-order chi connectivity index (χ1) is 25.7. The van der Waals surface area contributed by atoms with Crippen LogP contribution < -0.4 is 21.3 Å². The Hall–Kier alpha value is -5.74. The molecule has 0 radical (unpaired) electrons. The minimum atomic E-state index is 0.0449. The number of fused-ring (bicyclic) bond motifs is 4. The molecule has 0 spiro atoms. The van der Waals surface area contributed by atoms with Gasteiger partial charge in [-0.1, -0.05) is 193 Å². The lowest BCUT2D eigenvalue weighted by atomic mass is 9.34. The van der Waals surface area contributed by atoms with Crippen LogP contribution in [0.1, 0.15) is 0 Å². The molecule has 244 valence electrons. The molecule has 0 fully saturated rings. The molecule has 0 saturated carbocycles. The SMILES string of the molecule is Clc1cc2c3c(c1)N(c1c(-c4ccccc4)cccc1-c1ccccc1)c1cc(-c4ccccc4)ccc1B3c1ccc(-c3ccccc3)cc1S2. The van der Waals surface area contributed by atoms with E-state index < -0.39 is 0 Å². The molecule has 0 aliphatic carbocycles. The van der Waals surface area contributed by atoms with Crippen LogP contribution in [-0.4, -0.2) is 6.71 Å². The van der Waals surface area contributed by atoms with Crippen LogP contribution in [0.3, 0.4) is 0 Å². The van der Waals surface area contributed by atoms with E-state index in [1.165, 1.54) is 70.7 Å². The van der Waals surface area contributed by atoms with Crippen molar-refractivity contribution >= 4 is 63.5 Å². The molecule has 1 nitrogen and oxygen atoms in total. The number of rotatable bonds is 5. The van der Waals surface area contributed by atoms with Gasteiger partial charge in [-0.15, -0.1) is 0 Å². The molecule has 10 rings (SSSR count). The molecule has 2 aliphatic rings. The molecule has 2 aliphatic heterocycles. The highest BCUT2D eigenvalue weighted by atomic mass is 35.5. The van der Waals surface area contributed by atoms with Crippen LogP contribution in [-0.2, 0) is 0 Å². The van der Waals surface area contributed by atoms with E-state index >= 15 is 0 Å². The summed E-state index contributed by atoms with van der Waals surface area (Å²) < 4.78 is 0. The third kappa shape index (κ3) is 5.20. The Labute approximate surface area is 314 Å². The van der Waals surface area contributed by atoms with E-state index in [0.717, 1.165) is 22.1 Å². The van der Waals surface area contributed by atoms with Gasteiger partial charge in [-0.3, -0.25) is 0 Å². The lowest BCUT2D eigenvalue weighted by Crippen LogP contribution is -2.59. The zero-order valence-corrected chi connectivity index (χ0v) is 29.8. The molecular formula is C48H31BClNS. The first kappa shape index (κ1) is 31.0. The Morgan fingerprint density at radius 2 is 0.923 bits per heavy atom. The van der Waals surface area contributed by atoms with Gasteiger partial charge in [-0.2, -0.15) is 0 Å². The summed E-state index contributed by atoms with van der Waals surface area (Å²) >= 11 is 9.00. The quantitative estimate of drug-likeness (QED) is 0.165. The molecule has 0 unspecified atom stereocenters. The van der Waals surface area contributed by atoms with Gasteiger partial charge >= 0.3 is 0 Å². The minimum absolute atomic E-state index is 0.0449. The molecule has 52 heavy (non-hydrogen) atoms. The largest absolute Gasteiger partial charge is 0.310 e. The number of hydrogen-bond donors (Lipinski definition) is 0. The second-order valence-corrected chi connectivity index (χ2v) is 14.9. The third-order valence-corrected chi connectivity index (χ3v) is 11.7. The van der Waals surface area contributed by atoms with Crippen molar-refractivity contribution in [2.45, 2.75) is 9.79 Å². The summed E-state index contributed by atoms with van der Waals surface area (Å²) in [5.41, 5.74) is 16.8. The highest BCUT2D eigenvalue weighted by Gasteiger charge is 2.42. The smallest absolute Gasteiger partial charge is 0.249 e. The molecule has 0 N–H and O–H groups in total. The molecule has 0 atom stereocenters. The summed E-state index contributed by atoms with van der Waals surface area (Å²) in [6.07, 6.45) is 0. The molecule has 0 aromatic heterocycles. The summed E-state index contributed by atoms with van der Waals surface area (Å²) in [4.78, 5) is 4.98. The van der Waals surface area contributed by atoms with Crippen LogP contribution in [0, 0.1) is 0 Å². The Morgan fingerprint density at radius 1 is 0.404 bits per heavy atom. The van der Waals surface area contributed by atoms with E-state index in [9.17, 15) is 0 Å². The van der Waals surface area contributed by atoms with Crippen molar-refractivity contribution in [3.63, 3.8) is 0 Å². The van der Waals surface area contributed by atoms with Gasteiger partial charge in [0.2, 0.25) is 6.71 Å². The van der Waals surface area contributed by atoms with Gasteiger partial charge in [0.15, 0.2) is 0 Å². The van der Waals surface area contributed by atoms with Gasteiger partial charge in [0.25, 0.3) is 0 Å². The van der Waals surface area contributed by atoms with Crippen molar-refractivity contribution in [3.8, 4) is 44.5 Å². The molecule has 0 amide bonds. The Morgan fingerprint density at radius 3 is 1.50 bits per heavy atom. The highest BCUT2D eigenvalue weighted by Crippen LogP contribution is 2.50. The minimum Gasteiger partial charge on any atom is -0.310 e. The standard InChI is InChI=1S/C48H31BClNS/c50-38-30-44-47-46(31-38)52-45-29-37(33-16-7-2-8-17-33)25-27-42(45)49(47)41-26-24-36(32-14-5-1-6-15-32)28-43(41)51(44)48-39(34-18-9-3-10-19-34)22-13-23-40(48)35-20-11-4-12-21-35/h1-31H. The van der Waals surface area contributed by atoms with Crippen molar-refractivity contribution < 1.29 is 0 Å². The summed E-state index contributed by atoms with van der Waals surface area (Å²) in [6, 6.07) is 68.0. The summed E-state index contributed by atoms with van der Waals surface area (Å²) in [7, 11) is 0. The van der Waals surface area contributed by atoms with E-state index in [1.54, 1.807) is 0 Å². The van der Waals surface area contributed by atoms with Crippen molar-refractivity contribution in [2.75, 3.05) is 4.90 Å². The predicted octanol–water partition coefficient (Wildman–Crippen LogP) is 11.8. The molecule has 0 saturated heterocycles. The monoisotopic (exact) mass is 699 g/mol. The highest BCUT2D eigenvalue weighted by molar-refractivity contribution is 8.00. The molecule has 2 heterocycles. The van der Waals surface area contributed by atoms with E-state index in [-0.39, 0.29) is 6.71 Å². The second-order valence-electron chi connectivity index (χ2n) is 13.4. The molecule has 8 aromatic carbocycles. The number of halogens is 1. The third-order valence-electron chi connectivity index (χ3n) is 10.4. The van der Waals surface area contributed by atoms with Crippen LogP contribution in [0.5, 0.6) is 0 Å². The zero-order valence-electron chi connectivity index (χ0n) is 28.2. The zero-order chi connectivity index (χ0) is 34.6. The van der Waals surface area contributed by atoms with Gasteiger partial charge in [0, 0.05) is 37.3 Å². The van der Waals surface area contributed by atoms with E-state index in [0.29, 0.717) is 0 Å². The van der Waals surface area contributed by atoms with Crippen LogP contribution >= 0.6 is 23.4 Å². The molecule has 0 bridgehead atoms. The van der Waals surface area contributed by atoms with Crippen molar-refractivity contribution in [2.24, 2.45) is 0 Å². The maximum Gasteiger partial charge on any atom is 0.249 e. The Bertz CT molecular complexity index is 2550.